The second kappa shape index (κ2) is 21.5. The minimum absolute atomic E-state index is 0.00231. The molecule has 0 saturated carbocycles. The van der Waals surface area contributed by atoms with E-state index in [0.717, 1.165) is 47.8 Å². The van der Waals surface area contributed by atoms with E-state index in [9.17, 15) is 26.8 Å². The van der Waals surface area contributed by atoms with Crippen LogP contribution in [-0.4, -0.2) is 26.1 Å². The molecule has 0 saturated heterocycles. The highest BCUT2D eigenvalue weighted by Crippen LogP contribution is 2.71. The van der Waals surface area contributed by atoms with Crippen LogP contribution in [-0.2, 0) is 20.8 Å². The first-order valence-corrected chi connectivity index (χ1v) is 24.6. The fourth-order valence-electron chi connectivity index (χ4n) is 2.99. The number of pyridine rings is 1. The Morgan fingerprint density at radius 2 is 1.62 bits per heavy atom. The standard InChI is InChI=1S/C14H10BrClO2.C7H5ClF2O2S.C6H6BrNO.H7P5/c1-18-14(17)10-5-6-12(13(16)8-10)9-3-2-4-11(15)7-9;8-13(11,12)6-3-1-5(2-4-6)7(9)10;1-8-4-2-3-5(7)6(8)9;1-4-5(2)3/h2-8H,1H3;1-4,7H;2-4H,1H3;4H,1-3H2. The number of alkyl halides is 2. The number of rotatable bonds is 5. The lowest BCUT2D eigenvalue weighted by molar-refractivity contribution is 0.0600. The van der Waals surface area contributed by atoms with Gasteiger partial charge in [0.15, 0.2) is 0 Å². The van der Waals surface area contributed by atoms with Gasteiger partial charge in [-0.3, -0.25) is 4.79 Å². The summed E-state index contributed by atoms with van der Waals surface area (Å²) in [5, 5.41) is 0.524. The van der Waals surface area contributed by atoms with Crippen LogP contribution >= 0.6 is 95.9 Å². The smallest absolute Gasteiger partial charge is 0.337 e. The summed E-state index contributed by atoms with van der Waals surface area (Å²) in [6, 6.07) is 20.6. The van der Waals surface area contributed by atoms with Gasteiger partial charge in [0, 0.05) is 44.5 Å². The molecule has 0 aliphatic rings. The van der Waals surface area contributed by atoms with Crippen LogP contribution in [0.5, 0.6) is 0 Å². The fraction of sp³-hybridized carbons (Fsp3) is 0.111. The van der Waals surface area contributed by atoms with Gasteiger partial charge in [0.25, 0.3) is 21.0 Å². The number of methoxy groups -OCH3 is 1. The van der Waals surface area contributed by atoms with Crippen molar-refractivity contribution in [3.8, 4) is 11.1 Å². The molecule has 4 rings (SSSR count). The minimum atomic E-state index is -3.82. The summed E-state index contributed by atoms with van der Waals surface area (Å²) < 4.78 is 53.2. The van der Waals surface area contributed by atoms with Crippen LogP contribution in [0, 0.1) is 0 Å². The van der Waals surface area contributed by atoms with Gasteiger partial charge in [-0.25, -0.2) is 22.0 Å². The summed E-state index contributed by atoms with van der Waals surface area (Å²) in [5.41, 5.74) is 2.08. The molecule has 1 heterocycles. The fourth-order valence-corrected chi connectivity index (χ4v) is 4.88. The second-order valence-corrected chi connectivity index (χ2v) is 27.0. The van der Waals surface area contributed by atoms with E-state index in [0.29, 0.717) is 15.1 Å². The van der Waals surface area contributed by atoms with Gasteiger partial charge in [-0.15, -0.1) is 26.8 Å². The third kappa shape index (κ3) is 16.0. The number of hydrogen-bond donors (Lipinski definition) is 0. The van der Waals surface area contributed by atoms with E-state index in [1.807, 2.05) is 36.4 Å². The van der Waals surface area contributed by atoms with Gasteiger partial charge in [0.05, 0.1) is 22.0 Å². The summed E-state index contributed by atoms with van der Waals surface area (Å²) in [7, 11) is 13.5. The highest BCUT2D eigenvalue weighted by atomic mass is 79.9. The molecule has 4 unspecified atom stereocenters. The number of hydrogen-bond acceptors (Lipinski definition) is 5. The summed E-state index contributed by atoms with van der Waals surface area (Å²) in [4.78, 5) is 22.1. The van der Waals surface area contributed by atoms with Crippen LogP contribution in [0.2, 0.25) is 5.02 Å². The van der Waals surface area contributed by atoms with Crippen molar-refractivity contribution in [2.45, 2.75) is 11.3 Å². The van der Waals surface area contributed by atoms with Gasteiger partial charge in [-0.2, -0.15) is 0 Å². The number of halogens is 6. The maximum absolute atomic E-state index is 12.0. The predicted octanol–water partition coefficient (Wildman–Crippen LogP) is 10.7. The Morgan fingerprint density at radius 1 is 1.02 bits per heavy atom. The molecule has 0 fully saturated rings. The van der Waals surface area contributed by atoms with E-state index in [2.05, 4.69) is 63.4 Å². The quantitative estimate of drug-likeness (QED) is 0.113. The third-order valence-corrected chi connectivity index (χ3v) is 19.9. The van der Waals surface area contributed by atoms with E-state index in [1.165, 1.54) is 11.7 Å². The molecule has 0 N–H and O–H groups in total. The molecule has 4 aromatic rings. The van der Waals surface area contributed by atoms with Crippen molar-refractivity contribution in [1.29, 1.82) is 0 Å². The Kier molecular flexibility index (Phi) is 20.4. The van der Waals surface area contributed by atoms with Crippen molar-refractivity contribution < 1.29 is 26.7 Å². The molecule has 0 spiro atoms. The third-order valence-electron chi connectivity index (χ3n) is 5.17. The van der Waals surface area contributed by atoms with Gasteiger partial charge in [-0.05, 0) is 77.0 Å². The Balaban J connectivity index is 0.000000328. The number of benzene rings is 3. The van der Waals surface area contributed by atoms with Gasteiger partial charge >= 0.3 is 5.97 Å². The Hall–Kier alpha value is -0.420. The molecule has 18 heteroatoms. The molecule has 45 heavy (non-hydrogen) atoms. The first-order valence-electron chi connectivity index (χ1n) is 12.0. The Labute approximate surface area is 297 Å². The van der Waals surface area contributed by atoms with Gasteiger partial charge in [-0.1, -0.05) is 65.8 Å². The monoisotopic (exact) mass is 899 g/mol. The Bertz CT molecular complexity index is 1700. The zero-order chi connectivity index (χ0) is 34.3. The van der Waals surface area contributed by atoms with Crippen LogP contribution in [0.1, 0.15) is 22.3 Å². The molecule has 4 atom stereocenters. The summed E-state index contributed by atoms with van der Waals surface area (Å²) in [6.45, 7) is 0.226. The highest BCUT2D eigenvalue weighted by molar-refractivity contribution is 9.10. The number of aryl methyl sites for hydroxylation is 1. The van der Waals surface area contributed by atoms with E-state index in [1.54, 1.807) is 31.4 Å². The van der Waals surface area contributed by atoms with Crippen molar-refractivity contribution >= 4 is 111 Å². The summed E-state index contributed by atoms with van der Waals surface area (Å²) >= 11 is 12.7. The first-order chi connectivity index (χ1) is 21.0. The molecule has 0 radical (unpaired) electrons. The van der Waals surface area contributed by atoms with Gasteiger partial charge in [0.2, 0.25) is 0 Å². The maximum atomic E-state index is 12.0. The van der Waals surface area contributed by atoms with Crippen molar-refractivity contribution in [3.63, 3.8) is 0 Å². The second-order valence-electron chi connectivity index (χ2n) is 8.31. The predicted molar refractivity (Wildman–Crippen MR) is 204 cm³/mol. The lowest BCUT2D eigenvalue weighted by atomic mass is 10.0. The molecule has 1 aromatic heterocycles. The topological polar surface area (TPSA) is 82.4 Å². The van der Waals surface area contributed by atoms with Gasteiger partial charge < -0.3 is 9.30 Å². The van der Waals surface area contributed by atoms with Crippen molar-refractivity contribution in [2.75, 3.05) is 7.11 Å². The molecule has 0 aliphatic carbocycles. The van der Waals surface area contributed by atoms with Crippen LogP contribution in [0.4, 0.5) is 8.78 Å². The number of carbonyl (C=O) groups is 1. The number of esters is 1. The average molecular weight is 902 g/mol. The SMILES string of the molecule is COC(=O)c1ccc(-c2cccc(Br)c2)c(Cl)c1.Cn1cccc(Br)c1=O.O=S(=O)(Cl)c1ccc(C(F)F)cc1.PPP(P)P. The molecule has 6 nitrogen and oxygen atoms in total. The van der Waals surface area contributed by atoms with Gasteiger partial charge in [0.1, 0.15) is 0 Å². The molecule has 0 bridgehead atoms. The molecule has 244 valence electrons. The van der Waals surface area contributed by atoms with Crippen LogP contribution in [0.3, 0.4) is 0 Å². The zero-order valence-electron chi connectivity index (χ0n) is 23.5. The zero-order valence-corrected chi connectivity index (χ0v) is 34.4. The Morgan fingerprint density at radius 3 is 2.04 bits per heavy atom. The number of nitrogens with zero attached hydrogens (tertiary/aromatic N) is 1. The molecular formula is C27H28Br2Cl2F2NO5P5S. The molecule has 0 amide bonds. The number of carbonyl (C=O) groups excluding carboxylic acids is 1. The first kappa shape index (κ1) is 42.6. The summed E-state index contributed by atoms with van der Waals surface area (Å²) in [6.07, 6.45) is -0.889. The largest absolute Gasteiger partial charge is 0.465 e. The average Bonchev–Trinajstić information content (AvgIpc) is 3.00. The van der Waals surface area contributed by atoms with E-state index in [4.69, 9.17) is 22.3 Å². The normalized spacial score (nSPS) is 10.8. The van der Waals surface area contributed by atoms with Crippen molar-refractivity contribution in [1.82, 2.24) is 4.57 Å². The lowest BCUT2D eigenvalue weighted by Gasteiger charge is -2.07. The molecule has 0 aliphatic heterocycles. The summed E-state index contributed by atoms with van der Waals surface area (Å²) in [5.74, 6) is -0.391. The van der Waals surface area contributed by atoms with Crippen LogP contribution < -0.4 is 5.56 Å². The van der Waals surface area contributed by atoms with E-state index >= 15 is 0 Å². The van der Waals surface area contributed by atoms with Crippen LogP contribution in [0.25, 0.3) is 11.1 Å². The number of ether oxygens (including phenoxy) is 1. The molecule has 3 aromatic carbocycles. The lowest BCUT2D eigenvalue weighted by Crippen LogP contribution is -2.15. The maximum Gasteiger partial charge on any atom is 0.337 e. The van der Waals surface area contributed by atoms with Crippen molar-refractivity contribution in [3.05, 3.63) is 121 Å². The van der Waals surface area contributed by atoms with E-state index < -0.39 is 21.4 Å². The van der Waals surface area contributed by atoms with Crippen molar-refractivity contribution in [2.24, 2.45) is 7.05 Å². The minimum Gasteiger partial charge on any atom is -0.465 e. The number of aromatic nitrogens is 1. The molecular weight excluding hydrogens is 874 g/mol. The highest BCUT2D eigenvalue weighted by Gasteiger charge is 2.12. The van der Waals surface area contributed by atoms with Crippen LogP contribution in [0.15, 0.2) is 104 Å². The van der Waals surface area contributed by atoms with E-state index in [-0.39, 0.29) is 23.0 Å².